The van der Waals surface area contributed by atoms with Crippen molar-refractivity contribution in [2.45, 2.75) is 12.6 Å². The largest absolute Gasteiger partial charge is 0.481 e. The third kappa shape index (κ3) is 4.60. The smallest absolute Gasteiger partial charge is 0.390 e. The van der Waals surface area contributed by atoms with E-state index in [4.69, 9.17) is 10.2 Å². The number of halogens is 3. The lowest BCUT2D eigenvalue weighted by Gasteiger charge is -2.10. The van der Waals surface area contributed by atoms with Crippen molar-refractivity contribution in [2.24, 2.45) is 5.92 Å². The van der Waals surface area contributed by atoms with Crippen LogP contribution in [0.2, 0.25) is 0 Å². The zero-order valence-corrected chi connectivity index (χ0v) is 5.43. The fraction of sp³-hybridized carbons (Fsp3) is 0.800. The van der Waals surface area contributed by atoms with Crippen molar-refractivity contribution in [1.82, 2.24) is 0 Å². The number of aliphatic hydroxyl groups is 1. The molecule has 0 aromatic heterocycles. The predicted octanol–water partition coefficient (Wildman–Crippen LogP) is 0.632. The Kier molecular flexibility index (Phi) is 3.31. The minimum atomic E-state index is -4.54. The standard InChI is InChI=1S/C5H7F3O3/c6-5(7,8)1-3(2-9)4(10)11/h3,9H,1-2H2,(H,10,11)/t3-/m0/s1. The molecule has 11 heavy (non-hydrogen) atoms. The number of aliphatic carboxylic acids is 1. The van der Waals surface area contributed by atoms with Crippen LogP contribution in [0.25, 0.3) is 0 Å². The van der Waals surface area contributed by atoms with Gasteiger partial charge < -0.3 is 10.2 Å². The molecule has 0 rings (SSSR count). The van der Waals surface area contributed by atoms with E-state index in [1.54, 1.807) is 0 Å². The first-order valence-corrected chi connectivity index (χ1v) is 2.77. The Morgan fingerprint density at radius 2 is 1.91 bits per heavy atom. The SMILES string of the molecule is O=C(O)[C@H](CO)CC(F)(F)F. The molecule has 0 unspecified atom stereocenters. The third-order valence-electron chi connectivity index (χ3n) is 1.05. The molecule has 0 aliphatic heterocycles. The first-order valence-electron chi connectivity index (χ1n) is 2.77. The monoisotopic (exact) mass is 172 g/mol. The highest BCUT2D eigenvalue weighted by Gasteiger charge is 2.34. The molecule has 0 heterocycles. The van der Waals surface area contributed by atoms with Crippen molar-refractivity contribution in [3.8, 4) is 0 Å². The van der Waals surface area contributed by atoms with Gasteiger partial charge in [0.2, 0.25) is 0 Å². The van der Waals surface area contributed by atoms with E-state index in [0.717, 1.165) is 0 Å². The lowest BCUT2D eigenvalue weighted by Crippen LogP contribution is -2.24. The summed E-state index contributed by atoms with van der Waals surface area (Å²) in [5.74, 6) is -3.38. The zero-order valence-electron chi connectivity index (χ0n) is 5.43. The summed E-state index contributed by atoms with van der Waals surface area (Å²) in [7, 11) is 0. The van der Waals surface area contributed by atoms with Crippen LogP contribution < -0.4 is 0 Å². The highest BCUT2D eigenvalue weighted by molar-refractivity contribution is 5.70. The summed E-state index contributed by atoms with van der Waals surface area (Å²) in [6.45, 7) is -0.991. The summed E-state index contributed by atoms with van der Waals surface area (Å²) in [4.78, 5) is 9.95. The molecule has 2 N–H and O–H groups in total. The first kappa shape index (κ1) is 10.2. The number of alkyl halides is 3. The average molecular weight is 172 g/mol. The molecule has 1 atom stereocenters. The molecule has 0 amide bonds. The molecule has 0 aliphatic carbocycles. The Balaban J connectivity index is 3.99. The number of carboxylic acid groups (broad SMARTS) is 1. The molecule has 0 radical (unpaired) electrons. The van der Waals surface area contributed by atoms with Crippen LogP contribution in [0.3, 0.4) is 0 Å². The third-order valence-corrected chi connectivity index (χ3v) is 1.05. The van der Waals surface area contributed by atoms with Crippen LogP contribution in [-0.4, -0.2) is 29.0 Å². The summed E-state index contributed by atoms with van der Waals surface area (Å²) >= 11 is 0. The van der Waals surface area contributed by atoms with Gasteiger partial charge in [-0.2, -0.15) is 13.2 Å². The number of aliphatic hydroxyl groups excluding tert-OH is 1. The molecule has 0 saturated carbocycles. The zero-order chi connectivity index (χ0) is 9.07. The molecule has 0 bridgehead atoms. The summed E-state index contributed by atoms with van der Waals surface area (Å²) in [6.07, 6.45) is -6.02. The topological polar surface area (TPSA) is 57.5 Å². The number of carbonyl (C=O) groups is 1. The average Bonchev–Trinajstić information content (AvgIpc) is 1.80. The van der Waals surface area contributed by atoms with Crippen molar-refractivity contribution >= 4 is 5.97 Å². The van der Waals surface area contributed by atoms with Gasteiger partial charge in [0.25, 0.3) is 0 Å². The molecule has 0 fully saturated rings. The second-order valence-corrected chi connectivity index (χ2v) is 2.04. The van der Waals surface area contributed by atoms with Crippen LogP contribution in [-0.2, 0) is 4.79 Å². The maximum absolute atomic E-state index is 11.5. The van der Waals surface area contributed by atoms with E-state index in [9.17, 15) is 18.0 Å². The predicted molar refractivity (Wildman–Crippen MR) is 28.9 cm³/mol. The van der Waals surface area contributed by atoms with Gasteiger partial charge >= 0.3 is 12.1 Å². The van der Waals surface area contributed by atoms with Gasteiger partial charge in [-0.15, -0.1) is 0 Å². The van der Waals surface area contributed by atoms with Gasteiger partial charge in [0.05, 0.1) is 18.9 Å². The van der Waals surface area contributed by atoms with Gasteiger partial charge in [-0.05, 0) is 0 Å². The van der Waals surface area contributed by atoms with E-state index < -0.39 is 31.1 Å². The van der Waals surface area contributed by atoms with Crippen molar-refractivity contribution in [2.75, 3.05) is 6.61 Å². The van der Waals surface area contributed by atoms with Crippen LogP contribution in [0.5, 0.6) is 0 Å². The number of rotatable bonds is 3. The van der Waals surface area contributed by atoms with Crippen LogP contribution in [0.1, 0.15) is 6.42 Å². The normalized spacial score (nSPS) is 14.5. The van der Waals surface area contributed by atoms with E-state index in [1.165, 1.54) is 0 Å². The van der Waals surface area contributed by atoms with E-state index in [-0.39, 0.29) is 0 Å². The fourth-order valence-electron chi connectivity index (χ4n) is 0.509. The molecule has 0 spiro atoms. The van der Waals surface area contributed by atoms with Gasteiger partial charge in [-0.1, -0.05) is 0 Å². The molecular weight excluding hydrogens is 165 g/mol. The lowest BCUT2D eigenvalue weighted by molar-refractivity contribution is -0.166. The van der Waals surface area contributed by atoms with Crippen LogP contribution in [0, 0.1) is 5.92 Å². The van der Waals surface area contributed by atoms with E-state index >= 15 is 0 Å². The second-order valence-electron chi connectivity index (χ2n) is 2.04. The second kappa shape index (κ2) is 3.56. The van der Waals surface area contributed by atoms with E-state index in [1.807, 2.05) is 0 Å². The number of hydrogen-bond donors (Lipinski definition) is 2. The minimum absolute atomic E-state index is 0.991. The maximum atomic E-state index is 11.5. The Labute approximate surface area is 60.4 Å². The van der Waals surface area contributed by atoms with Gasteiger partial charge in [0, 0.05) is 0 Å². The quantitative estimate of drug-likeness (QED) is 0.656. The van der Waals surface area contributed by atoms with E-state index in [2.05, 4.69) is 0 Å². The lowest BCUT2D eigenvalue weighted by atomic mass is 10.1. The molecule has 0 saturated heterocycles. The first-order chi connectivity index (χ1) is 4.87. The summed E-state index contributed by atoms with van der Waals surface area (Å²) in [5, 5.41) is 16.3. The highest BCUT2D eigenvalue weighted by Crippen LogP contribution is 2.24. The van der Waals surface area contributed by atoms with Crippen LogP contribution in [0.4, 0.5) is 13.2 Å². The Hall–Kier alpha value is -0.780. The molecule has 6 heteroatoms. The van der Waals surface area contributed by atoms with Gasteiger partial charge in [0.1, 0.15) is 0 Å². The summed E-state index contributed by atoms with van der Waals surface area (Å²) in [5.41, 5.74) is 0. The van der Waals surface area contributed by atoms with Crippen LogP contribution in [0.15, 0.2) is 0 Å². The summed E-state index contributed by atoms with van der Waals surface area (Å²) < 4.78 is 34.4. The van der Waals surface area contributed by atoms with Crippen molar-refractivity contribution in [3.63, 3.8) is 0 Å². The molecular formula is C5H7F3O3. The minimum Gasteiger partial charge on any atom is -0.481 e. The molecule has 66 valence electrons. The van der Waals surface area contributed by atoms with Crippen molar-refractivity contribution < 1.29 is 28.2 Å². The van der Waals surface area contributed by atoms with Gasteiger partial charge in [0.15, 0.2) is 0 Å². The molecule has 3 nitrogen and oxygen atoms in total. The highest BCUT2D eigenvalue weighted by atomic mass is 19.4. The Morgan fingerprint density at radius 3 is 2.00 bits per heavy atom. The van der Waals surface area contributed by atoms with Gasteiger partial charge in [-0.3, -0.25) is 4.79 Å². The number of hydrogen-bond acceptors (Lipinski definition) is 2. The Morgan fingerprint density at radius 1 is 1.45 bits per heavy atom. The Bertz CT molecular complexity index is 142. The number of carboxylic acids is 1. The summed E-state index contributed by atoms with van der Waals surface area (Å²) in [6, 6.07) is 0. The molecule has 0 aromatic carbocycles. The molecule has 0 aliphatic rings. The van der Waals surface area contributed by atoms with Crippen molar-refractivity contribution in [1.29, 1.82) is 0 Å². The van der Waals surface area contributed by atoms with E-state index in [0.29, 0.717) is 0 Å². The fourth-order valence-corrected chi connectivity index (χ4v) is 0.509. The van der Waals surface area contributed by atoms with Crippen LogP contribution >= 0.6 is 0 Å². The van der Waals surface area contributed by atoms with Crippen molar-refractivity contribution in [3.05, 3.63) is 0 Å². The maximum Gasteiger partial charge on any atom is 0.390 e. The molecule has 0 aromatic rings. The van der Waals surface area contributed by atoms with Gasteiger partial charge in [-0.25, -0.2) is 0 Å².